The van der Waals surface area contributed by atoms with Crippen molar-refractivity contribution in [3.05, 3.63) is 57.7 Å². The molecule has 2 aromatic rings. The Kier molecular flexibility index (Phi) is 6.15. The molecule has 1 aromatic heterocycles. The van der Waals surface area contributed by atoms with E-state index in [-0.39, 0.29) is 15.6 Å². The first-order valence-electron chi connectivity index (χ1n) is 6.89. The molecular formula is C15H10Cl2F3NO4S. The van der Waals surface area contributed by atoms with Gasteiger partial charge in [-0.2, -0.15) is 13.2 Å². The van der Waals surface area contributed by atoms with Gasteiger partial charge >= 0.3 is 12.1 Å². The van der Waals surface area contributed by atoms with Gasteiger partial charge in [-0.25, -0.2) is 18.2 Å². The van der Waals surface area contributed by atoms with Crippen LogP contribution in [0.1, 0.15) is 15.9 Å². The molecule has 0 bridgehead atoms. The number of alkyl halides is 3. The number of rotatable bonds is 5. The smallest absolute Gasteiger partial charge is 0.419 e. The highest BCUT2D eigenvalue weighted by atomic mass is 35.5. The summed E-state index contributed by atoms with van der Waals surface area (Å²) in [5, 5.41) is -1.26. The molecule has 0 amide bonds. The second-order valence-electron chi connectivity index (χ2n) is 4.97. The summed E-state index contributed by atoms with van der Waals surface area (Å²) in [7, 11) is -4.47. The van der Waals surface area contributed by atoms with Crippen LogP contribution in [-0.2, 0) is 20.8 Å². The fraction of sp³-hybridized carbons (Fsp3) is 0.200. The van der Waals surface area contributed by atoms with Crippen molar-refractivity contribution in [3.63, 3.8) is 0 Å². The van der Waals surface area contributed by atoms with E-state index >= 15 is 0 Å². The molecule has 140 valence electrons. The van der Waals surface area contributed by atoms with Crippen LogP contribution in [-0.4, -0.2) is 31.7 Å². The molecule has 0 spiro atoms. The number of aromatic nitrogens is 1. The van der Waals surface area contributed by atoms with E-state index in [1.807, 2.05) is 0 Å². The molecule has 11 heteroatoms. The van der Waals surface area contributed by atoms with Crippen molar-refractivity contribution in [1.82, 2.24) is 4.98 Å². The van der Waals surface area contributed by atoms with Crippen LogP contribution in [0.25, 0.3) is 0 Å². The number of carbonyl (C=O) groups excluding carboxylic acids is 1. The number of benzene rings is 1. The lowest BCUT2D eigenvalue weighted by atomic mass is 10.2. The van der Waals surface area contributed by atoms with Gasteiger partial charge in [-0.1, -0.05) is 29.3 Å². The van der Waals surface area contributed by atoms with Gasteiger partial charge in [0.1, 0.15) is 6.61 Å². The molecule has 0 aliphatic heterocycles. The molecule has 0 fully saturated rings. The predicted molar refractivity (Wildman–Crippen MR) is 88.0 cm³/mol. The van der Waals surface area contributed by atoms with Crippen molar-refractivity contribution in [2.75, 3.05) is 12.4 Å². The molecule has 0 unspecified atom stereocenters. The predicted octanol–water partition coefficient (Wildman–Crippen LogP) is 4.04. The minimum absolute atomic E-state index is 0.0792. The number of esters is 1. The summed E-state index contributed by atoms with van der Waals surface area (Å²) in [5.74, 6) is -1.74. The van der Waals surface area contributed by atoms with Gasteiger partial charge in [-0.05, 0) is 24.3 Å². The monoisotopic (exact) mass is 427 g/mol. The van der Waals surface area contributed by atoms with Gasteiger partial charge < -0.3 is 4.74 Å². The summed E-state index contributed by atoms with van der Waals surface area (Å²) in [6.45, 7) is -0.657. The first-order valence-corrected chi connectivity index (χ1v) is 9.30. The normalized spacial score (nSPS) is 12.0. The molecule has 26 heavy (non-hydrogen) atoms. The Morgan fingerprint density at radius 2 is 1.85 bits per heavy atom. The molecule has 0 aliphatic rings. The van der Waals surface area contributed by atoms with E-state index < -0.39 is 44.9 Å². The number of nitrogens with zero attached hydrogens (tertiary/aromatic N) is 1. The summed E-state index contributed by atoms with van der Waals surface area (Å²) in [4.78, 5) is 15.1. The van der Waals surface area contributed by atoms with Crippen molar-refractivity contribution < 1.29 is 31.1 Å². The van der Waals surface area contributed by atoms with Gasteiger partial charge in [0.15, 0.2) is 14.9 Å². The zero-order valence-electron chi connectivity index (χ0n) is 12.8. The van der Waals surface area contributed by atoms with E-state index in [1.54, 1.807) is 0 Å². The van der Waals surface area contributed by atoms with Gasteiger partial charge in [0.05, 0.1) is 21.9 Å². The third kappa shape index (κ3) is 5.09. The Balaban J connectivity index is 2.14. The maximum Gasteiger partial charge on any atom is 0.419 e. The van der Waals surface area contributed by atoms with E-state index in [0.29, 0.717) is 6.07 Å². The van der Waals surface area contributed by atoms with E-state index in [2.05, 4.69) is 4.98 Å². The molecule has 0 radical (unpaired) electrons. The second-order valence-corrected chi connectivity index (χ2v) is 7.87. The summed E-state index contributed by atoms with van der Waals surface area (Å²) in [6, 6.07) is 6.18. The van der Waals surface area contributed by atoms with Gasteiger partial charge in [0.2, 0.25) is 0 Å². The zero-order valence-corrected chi connectivity index (χ0v) is 15.1. The third-order valence-electron chi connectivity index (χ3n) is 3.06. The Morgan fingerprint density at radius 3 is 2.46 bits per heavy atom. The lowest BCUT2D eigenvalue weighted by Crippen LogP contribution is -2.20. The first kappa shape index (κ1) is 20.5. The average molecular weight is 428 g/mol. The SMILES string of the molecule is O=C(OCCS(=O)(=O)c1ncc(Cl)cc1C(F)(F)F)c1cccc(Cl)c1. The summed E-state index contributed by atoms with van der Waals surface area (Å²) >= 11 is 11.2. The average Bonchev–Trinajstić information content (AvgIpc) is 2.53. The zero-order chi connectivity index (χ0) is 19.5. The number of hydrogen-bond acceptors (Lipinski definition) is 5. The fourth-order valence-corrected chi connectivity index (χ4v) is 3.48. The number of sulfone groups is 1. The van der Waals surface area contributed by atoms with Gasteiger partial charge in [0.25, 0.3) is 0 Å². The van der Waals surface area contributed by atoms with Crippen molar-refractivity contribution in [2.24, 2.45) is 0 Å². The quantitative estimate of drug-likeness (QED) is 0.673. The van der Waals surface area contributed by atoms with Crippen LogP contribution in [0.2, 0.25) is 10.0 Å². The van der Waals surface area contributed by atoms with Gasteiger partial charge in [0, 0.05) is 11.2 Å². The van der Waals surface area contributed by atoms with Crippen LogP contribution >= 0.6 is 23.2 Å². The summed E-state index contributed by atoms with van der Waals surface area (Å²) < 4.78 is 68.1. The largest absolute Gasteiger partial charge is 0.461 e. The van der Waals surface area contributed by atoms with E-state index in [9.17, 15) is 26.4 Å². The standard InChI is InChI=1S/C15H10Cl2F3NO4S/c16-10-3-1-2-9(6-10)14(22)25-4-5-26(23,24)13-12(15(18,19)20)7-11(17)8-21-13/h1-3,6-8H,4-5H2. The molecule has 1 heterocycles. The van der Waals surface area contributed by atoms with Crippen LogP contribution in [0.3, 0.4) is 0 Å². The number of halogens is 5. The Hall–Kier alpha value is -1.84. The fourth-order valence-electron chi connectivity index (χ4n) is 1.92. The number of ether oxygens (including phenoxy) is 1. The number of hydrogen-bond donors (Lipinski definition) is 0. The molecule has 1 aromatic carbocycles. The molecule has 5 nitrogen and oxygen atoms in total. The number of pyridine rings is 1. The Labute approximate surface area is 156 Å². The molecule has 0 aliphatic carbocycles. The Morgan fingerprint density at radius 1 is 1.15 bits per heavy atom. The summed E-state index contributed by atoms with van der Waals surface area (Å²) in [6.07, 6.45) is -4.17. The lowest BCUT2D eigenvalue weighted by molar-refractivity contribution is -0.140. The van der Waals surface area contributed by atoms with E-state index in [4.69, 9.17) is 27.9 Å². The maximum atomic E-state index is 13.0. The highest BCUT2D eigenvalue weighted by Crippen LogP contribution is 2.35. The minimum Gasteiger partial charge on any atom is -0.461 e. The molecule has 0 atom stereocenters. The second kappa shape index (κ2) is 7.81. The molecular weight excluding hydrogens is 418 g/mol. The van der Waals surface area contributed by atoms with Crippen LogP contribution < -0.4 is 0 Å². The molecule has 2 rings (SSSR count). The maximum absolute atomic E-state index is 13.0. The molecule has 0 N–H and O–H groups in total. The van der Waals surface area contributed by atoms with Gasteiger partial charge in [-0.3, -0.25) is 0 Å². The number of carbonyl (C=O) groups is 1. The molecule has 0 saturated carbocycles. The van der Waals surface area contributed by atoms with E-state index in [0.717, 1.165) is 6.20 Å². The lowest BCUT2D eigenvalue weighted by Gasteiger charge is -2.12. The van der Waals surface area contributed by atoms with Gasteiger partial charge in [-0.15, -0.1) is 0 Å². The van der Waals surface area contributed by atoms with Crippen LogP contribution in [0.15, 0.2) is 41.6 Å². The third-order valence-corrected chi connectivity index (χ3v) is 5.12. The van der Waals surface area contributed by atoms with Crippen molar-refractivity contribution in [2.45, 2.75) is 11.2 Å². The topological polar surface area (TPSA) is 73.3 Å². The van der Waals surface area contributed by atoms with Crippen molar-refractivity contribution >= 4 is 39.0 Å². The van der Waals surface area contributed by atoms with Crippen molar-refractivity contribution in [3.8, 4) is 0 Å². The van der Waals surface area contributed by atoms with Crippen LogP contribution in [0.4, 0.5) is 13.2 Å². The van der Waals surface area contributed by atoms with E-state index in [1.165, 1.54) is 24.3 Å². The highest BCUT2D eigenvalue weighted by molar-refractivity contribution is 7.91. The Bertz CT molecular complexity index is 933. The van der Waals surface area contributed by atoms with Crippen molar-refractivity contribution in [1.29, 1.82) is 0 Å². The summed E-state index contributed by atoms with van der Waals surface area (Å²) in [5.41, 5.74) is -1.40. The first-order chi connectivity index (χ1) is 12.0. The van der Waals surface area contributed by atoms with Crippen LogP contribution in [0.5, 0.6) is 0 Å². The minimum atomic E-state index is -4.96. The highest BCUT2D eigenvalue weighted by Gasteiger charge is 2.38. The van der Waals surface area contributed by atoms with Crippen LogP contribution in [0, 0.1) is 0 Å². The molecule has 0 saturated heterocycles.